The standard InChI is InChI=1S/C32H49NO6S/c1-20(4-11-29(36)39-17-14-21-5-7-24(8-6-21)40(33,37)38)25-9-10-26-30-27(13-16-32(25,26)3)31(2)15-12-23(34)18-22(31)19-28(30)35/h5-8,20,22-23,25-28,30,34-35H,4,9-19H2,1-3H3,(H2,33,37,38)/t20-,22+,23-,25-,26+,27+,28-,30+,31+,32-/m1/s1. The monoisotopic (exact) mass is 575 g/mol. The van der Waals surface area contributed by atoms with Crippen molar-refractivity contribution in [2.45, 2.75) is 109 Å². The van der Waals surface area contributed by atoms with Gasteiger partial charge in [-0.2, -0.15) is 0 Å². The fraction of sp³-hybridized carbons (Fsp3) is 0.781. The SMILES string of the molecule is C[C@H](CCC(=O)OCCc1ccc(S(N)(=O)=O)cc1)[C@H]1CC[C@H]2[C@@H]3[C@H](O)C[C@@H]4C[C@H](O)CC[C@]4(C)[C@H]3CC[C@]12C. The predicted octanol–water partition coefficient (Wildman–Crippen LogP) is 4.83. The quantitative estimate of drug-likeness (QED) is 0.381. The van der Waals surface area contributed by atoms with E-state index in [1.807, 2.05) is 0 Å². The number of benzene rings is 1. The zero-order valence-corrected chi connectivity index (χ0v) is 25.2. The fourth-order valence-electron chi connectivity index (χ4n) is 9.92. The maximum Gasteiger partial charge on any atom is 0.305 e. The number of carbonyl (C=O) groups is 1. The van der Waals surface area contributed by atoms with E-state index in [9.17, 15) is 23.4 Å². The number of hydrogen-bond acceptors (Lipinski definition) is 6. The van der Waals surface area contributed by atoms with Crippen LogP contribution in [0.3, 0.4) is 0 Å². The van der Waals surface area contributed by atoms with E-state index in [1.54, 1.807) is 12.1 Å². The minimum Gasteiger partial charge on any atom is -0.465 e. The lowest BCUT2D eigenvalue weighted by atomic mass is 9.43. The number of aliphatic hydroxyl groups is 2. The molecular formula is C32H49NO6S. The van der Waals surface area contributed by atoms with E-state index in [1.165, 1.54) is 37.8 Å². The molecule has 0 heterocycles. The molecule has 0 aromatic heterocycles. The summed E-state index contributed by atoms with van der Waals surface area (Å²) in [5, 5.41) is 26.9. The van der Waals surface area contributed by atoms with Gasteiger partial charge >= 0.3 is 5.97 Å². The lowest BCUT2D eigenvalue weighted by Crippen LogP contribution is -2.58. The van der Waals surface area contributed by atoms with Gasteiger partial charge in [-0.15, -0.1) is 0 Å². The second-order valence-corrected chi connectivity index (χ2v) is 15.7. The highest BCUT2D eigenvalue weighted by Crippen LogP contribution is 2.68. The second kappa shape index (κ2) is 11.3. The van der Waals surface area contributed by atoms with Crippen molar-refractivity contribution < 1.29 is 28.2 Å². The van der Waals surface area contributed by atoms with E-state index >= 15 is 0 Å². The molecule has 0 amide bonds. The van der Waals surface area contributed by atoms with E-state index < -0.39 is 10.0 Å². The van der Waals surface area contributed by atoms with Crippen LogP contribution in [0.4, 0.5) is 0 Å². The Bertz CT molecular complexity index is 1170. The Morgan fingerprint density at radius 1 is 1.02 bits per heavy atom. The number of primary sulfonamides is 1. The van der Waals surface area contributed by atoms with Crippen LogP contribution in [-0.2, 0) is 26.0 Å². The van der Waals surface area contributed by atoms with E-state index in [4.69, 9.17) is 9.88 Å². The minimum atomic E-state index is -3.71. The lowest BCUT2D eigenvalue weighted by Gasteiger charge is -2.62. The summed E-state index contributed by atoms with van der Waals surface area (Å²) in [5.74, 6) is 2.65. The summed E-state index contributed by atoms with van der Waals surface area (Å²) < 4.78 is 28.3. The molecule has 0 spiro atoms. The van der Waals surface area contributed by atoms with Gasteiger partial charge in [-0.3, -0.25) is 4.79 Å². The fourth-order valence-corrected chi connectivity index (χ4v) is 10.4. The van der Waals surface area contributed by atoms with Crippen molar-refractivity contribution in [2.75, 3.05) is 6.61 Å². The summed E-state index contributed by atoms with van der Waals surface area (Å²) >= 11 is 0. The molecule has 10 atom stereocenters. The molecule has 4 fully saturated rings. The number of carbonyl (C=O) groups excluding carboxylic acids is 1. The third-order valence-corrected chi connectivity index (χ3v) is 13.1. The number of fused-ring (bicyclic) bond motifs is 5. The molecule has 224 valence electrons. The van der Waals surface area contributed by atoms with Crippen LogP contribution in [0.2, 0.25) is 0 Å². The van der Waals surface area contributed by atoms with Gasteiger partial charge in [0, 0.05) is 12.8 Å². The number of nitrogens with two attached hydrogens (primary N) is 1. The molecule has 0 bridgehead atoms. The number of ether oxygens (including phenoxy) is 1. The smallest absolute Gasteiger partial charge is 0.305 e. The van der Waals surface area contributed by atoms with Crippen molar-refractivity contribution in [1.82, 2.24) is 0 Å². The molecule has 0 saturated heterocycles. The Balaban J connectivity index is 1.13. The van der Waals surface area contributed by atoms with Gasteiger partial charge in [-0.25, -0.2) is 13.6 Å². The molecule has 4 aliphatic carbocycles. The molecule has 7 nitrogen and oxygen atoms in total. The maximum atomic E-state index is 12.6. The van der Waals surface area contributed by atoms with Crippen LogP contribution in [-0.4, -0.2) is 43.4 Å². The van der Waals surface area contributed by atoms with Crippen molar-refractivity contribution in [2.24, 2.45) is 51.5 Å². The Kier molecular flexibility index (Phi) is 8.48. The number of aliphatic hydroxyl groups excluding tert-OH is 2. The molecule has 8 heteroatoms. The van der Waals surface area contributed by atoms with Gasteiger partial charge < -0.3 is 14.9 Å². The predicted molar refractivity (Wildman–Crippen MR) is 153 cm³/mol. The highest BCUT2D eigenvalue weighted by atomic mass is 32.2. The first-order valence-electron chi connectivity index (χ1n) is 15.5. The molecule has 0 radical (unpaired) electrons. The van der Waals surface area contributed by atoms with Crippen molar-refractivity contribution in [1.29, 1.82) is 0 Å². The molecule has 4 N–H and O–H groups in total. The summed E-state index contributed by atoms with van der Waals surface area (Å²) in [5.41, 5.74) is 1.33. The Labute approximate surface area is 240 Å². The summed E-state index contributed by atoms with van der Waals surface area (Å²) in [6, 6.07) is 6.34. The molecule has 4 saturated carbocycles. The van der Waals surface area contributed by atoms with Crippen LogP contribution < -0.4 is 5.14 Å². The van der Waals surface area contributed by atoms with Crippen molar-refractivity contribution >= 4 is 16.0 Å². The Morgan fingerprint density at radius 2 is 1.70 bits per heavy atom. The zero-order valence-electron chi connectivity index (χ0n) is 24.4. The van der Waals surface area contributed by atoms with E-state index in [0.717, 1.165) is 37.7 Å². The number of hydrogen-bond donors (Lipinski definition) is 3. The third-order valence-electron chi connectivity index (χ3n) is 12.1. The molecule has 0 unspecified atom stereocenters. The zero-order chi connectivity index (χ0) is 28.9. The topological polar surface area (TPSA) is 127 Å². The summed E-state index contributed by atoms with van der Waals surface area (Å²) in [4.78, 5) is 12.6. The normalized spacial score (nSPS) is 40.0. The first kappa shape index (κ1) is 30.0. The van der Waals surface area contributed by atoms with Gasteiger partial charge in [-0.05, 0) is 122 Å². The molecular weight excluding hydrogens is 526 g/mol. The Hall–Kier alpha value is -1.48. The number of rotatable bonds is 8. The van der Waals surface area contributed by atoms with Crippen LogP contribution in [0.15, 0.2) is 29.2 Å². The largest absolute Gasteiger partial charge is 0.465 e. The number of sulfonamides is 1. The first-order valence-corrected chi connectivity index (χ1v) is 17.0. The molecule has 1 aromatic carbocycles. The average Bonchev–Trinajstić information content (AvgIpc) is 3.25. The lowest BCUT2D eigenvalue weighted by molar-refractivity contribution is -0.174. The van der Waals surface area contributed by atoms with E-state index in [2.05, 4.69) is 20.8 Å². The van der Waals surface area contributed by atoms with E-state index in [-0.39, 0.29) is 40.5 Å². The molecule has 40 heavy (non-hydrogen) atoms. The minimum absolute atomic E-state index is 0.0729. The van der Waals surface area contributed by atoms with Gasteiger partial charge in [0.1, 0.15) is 0 Å². The van der Waals surface area contributed by atoms with Crippen molar-refractivity contribution in [3.05, 3.63) is 29.8 Å². The van der Waals surface area contributed by atoms with Crippen LogP contribution >= 0.6 is 0 Å². The van der Waals surface area contributed by atoms with Gasteiger partial charge in [0.25, 0.3) is 0 Å². The van der Waals surface area contributed by atoms with Gasteiger partial charge in [-0.1, -0.05) is 32.9 Å². The highest BCUT2D eigenvalue weighted by Gasteiger charge is 2.62. The van der Waals surface area contributed by atoms with Crippen molar-refractivity contribution in [3.63, 3.8) is 0 Å². The van der Waals surface area contributed by atoms with Crippen LogP contribution in [0.1, 0.15) is 90.5 Å². The van der Waals surface area contributed by atoms with E-state index in [0.29, 0.717) is 48.3 Å². The first-order chi connectivity index (χ1) is 18.8. The Morgan fingerprint density at radius 3 is 2.40 bits per heavy atom. The average molecular weight is 576 g/mol. The van der Waals surface area contributed by atoms with Gasteiger partial charge in [0.2, 0.25) is 10.0 Å². The maximum absolute atomic E-state index is 12.6. The third kappa shape index (κ3) is 5.62. The molecule has 5 rings (SSSR count). The van der Waals surface area contributed by atoms with Gasteiger partial charge in [0.15, 0.2) is 0 Å². The second-order valence-electron chi connectivity index (χ2n) is 14.1. The summed E-state index contributed by atoms with van der Waals surface area (Å²) in [7, 11) is -3.71. The van der Waals surface area contributed by atoms with Gasteiger partial charge in [0.05, 0.1) is 23.7 Å². The number of esters is 1. The summed E-state index contributed by atoms with van der Waals surface area (Å²) in [6.07, 6.45) is 9.63. The molecule has 0 aliphatic heterocycles. The summed E-state index contributed by atoms with van der Waals surface area (Å²) in [6.45, 7) is 7.48. The molecule has 1 aromatic rings. The van der Waals surface area contributed by atoms with Crippen LogP contribution in [0.25, 0.3) is 0 Å². The molecule has 4 aliphatic rings. The van der Waals surface area contributed by atoms with Crippen LogP contribution in [0, 0.1) is 46.3 Å². The van der Waals surface area contributed by atoms with Crippen LogP contribution in [0.5, 0.6) is 0 Å². The van der Waals surface area contributed by atoms with Crippen molar-refractivity contribution in [3.8, 4) is 0 Å². The highest BCUT2D eigenvalue weighted by molar-refractivity contribution is 7.89.